The smallest absolute Gasteiger partial charge is 0.219 e. The van der Waals surface area contributed by atoms with Crippen molar-refractivity contribution in [3.8, 4) is 0 Å². The third-order valence-corrected chi connectivity index (χ3v) is 2.20. The lowest BCUT2D eigenvalue weighted by molar-refractivity contribution is -0.121. The Morgan fingerprint density at radius 3 is 2.29 bits per heavy atom. The fraction of sp³-hybridized carbons (Fsp3) is 0.917. The lowest BCUT2D eigenvalue weighted by Crippen LogP contribution is -2.22. The number of amides is 1. The molecular formula is C12H25NO. The molecule has 84 valence electrons. The molecule has 1 N–H and O–H groups in total. The van der Waals surface area contributed by atoms with Crippen molar-refractivity contribution in [3.63, 3.8) is 0 Å². The monoisotopic (exact) mass is 199 g/mol. The van der Waals surface area contributed by atoms with Crippen molar-refractivity contribution in [1.29, 1.82) is 0 Å². The molecular weight excluding hydrogens is 174 g/mol. The van der Waals surface area contributed by atoms with Gasteiger partial charge in [0.15, 0.2) is 0 Å². The number of carbonyl (C=O) groups excluding carboxylic acids is 1. The Hall–Kier alpha value is -0.530. The molecule has 0 rings (SSSR count). The SMILES string of the molecule is CCNC(=O)CCCCCC(C)(C)C. The molecule has 0 aromatic rings. The van der Waals surface area contributed by atoms with Gasteiger partial charge in [0.2, 0.25) is 5.91 Å². The van der Waals surface area contributed by atoms with Crippen molar-refractivity contribution in [2.75, 3.05) is 6.54 Å². The number of rotatable bonds is 6. The van der Waals surface area contributed by atoms with Crippen molar-refractivity contribution < 1.29 is 4.79 Å². The highest BCUT2D eigenvalue weighted by atomic mass is 16.1. The molecule has 0 atom stereocenters. The van der Waals surface area contributed by atoms with Gasteiger partial charge in [0.1, 0.15) is 0 Å². The summed E-state index contributed by atoms with van der Waals surface area (Å²) in [6.45, 7) is 9.49. The van der Waals surface area contributed by atoms with E-state index in [2.05, 4.69) is 26.1 Å². The molecule has 0 aliphatic carbocycles. The molecule has 0 heterocycles. The zero-order valence-corrected chi connectivity index (χ0v) is 10.2. The van der Waals surface area contributed by atoms with Crippen LogP contribution in [0.25, 0.3) is 0 Å². The highest BCUT2D eigenvalue weighted by Gasteiger charge is 2.08. The average molecular weight is 199 g/mol. The summed E-state index contributed by atoms with van der Waals surface area (Å²) in [6, 6.07) is 0. The van der Waals surface area contributed by atoms with E-state index in [0.29, 0.717) is 11.8 Å². The van der Waals surface area contributed by atoms with E-state index >= 15 is 0 Å². The first kappa shape index (κ1) is 13.5. The van der Waals surface area contributed by atoms with E-state index in [1.54, 1.807) is 0 Å². The van der Waals surface area contributed by atoms with Crippen LogP contribution < -0.4 is 5.32 Å². The maximum absolute atomic E-state index is 11.1. The molecule has 0 fully saturated rings. The van der Waals surface area contributed by atoms with E-state index in [4.69, 9.17) is 0 Å². The van der Waals surface area contributed by atoms with Gasteiger partial charge in [0, 0.05) is 13.0 Å². The normalized spacial score (nSPS) is 11.4. The van der Waals surface area contributed by atoms with E-state index in [9.17, 15) is 4.79 Å². The second-order valence-electron chi connectivity index (χ2n) is 5.07. The highest BCUT2D eigenvalue weighted by Crippen LogP contribution is 2.22. The van der Waals surface area contributed by atoms with Crippen molar-refractivity contribution in [2.24, 2.45) is 5.41 Å². The van der Waals surface area contributed by atoms with Gasteiger partial charge in [-0.3, -0.25) is 4.79 Å². The Morgan fingerprint density at radius 2 is 1.79 bits per heavy atom. The van der Waals surface area contributed by atoms with Crippen LogP contribution in [0.15, 0.2) is 0 Å². The van der Waals surface area contributed by atoms with Crippen LogP contribution in [0.2, 0.25) is 0 Å². The van der Waals surface area contributed by atoms with Gasteiger partial charge >= 0.3 is 0 Å². The largest absolute Gasteiger partial charge is 0.356 e. The van der Waals surface area contributed by atoms with Gasteiger partial charge in [-0.15, -0.1) is 0 Å². The first-order chi connectivity index (χ1) is 6.45. The van der Waals surface area contributed by atoms with E-state index in [-0.39, 0.29) is 5.91 Å². The minimum absolute atomic E-state index is 0.197. The predicted octanol–water partition coefficient (Wildman–Crippen LogP) is 3.12. The van der Waals surface area contributed by atoms with Gasteiger partial charge in [-0.2, -0.15) is 0 Å². The summed E-state index contributed by atoms with van der Waals surface area (Å²) in [5.41, 5.74) is 0.436. The molecule has 0 aliphatic heterocycles. The Labute approximate surface area is 88.5 Å². The third-order valence-electron chi connectivity index (χ3n) is 2.20. The van der Waals surface area contributed by atoms with Crippen molar-refractivity contribution in [3.05, 3.63) is 0 Å². The zero-order valence-electron chi connectivity index (χ0n) is 10.2. The molecule has 0 saturated carbocycles. The highest BCUT2D eigenvalue weighted by molar-refractivity contribution is 5.75. The van der Waals surface area contributed by atoms with Gasteiger partial charge in [0.05, 0.1) is 0 Å². The van der Waals surface area contributed by atoms with Crippen LogP contribution in [0.4, 0.5) is 0 Å². The lowest BCUT2D eigenvalue weighted by Gasteiger charge is -2.17. The summed E-state index contributed by atoms with van der Waals surface area (Å²) in [7, 11) is 0. The number of hydrogen-bond acceptors (Lipinski definition) is 1. The fourth-order valence-electron chi connectivity index (χ4n) is 1.40. The summed E-state index contributed by atoms with van der Waals surface area (Å²) >= 11 is 0. The molecule has 0 bridgehead atoms. The van der Waals surface area contributed by atoms with Crippen LogP contribution in [-0.2, 0) is 4.79 Å². The molecule has 0 unspecified atom stereocenters. The number of hydrogen-bond donors (Lipinski definition) is 1. The van der Waals surface area contributed by atoms with Crippen molar-refractivity contribution >= 4 is 5.91 Å². The van der Waals surface area contributed by atoms with E-state index in [1.165, 1.54) is 19.3 Å². The van der Waals surface area contributed by atoms with Crippen LogP contribution in [0, 0.1) is 5.41 Å². The second-order valence-corrected chi connectivity index (χ2v) is 5.07. The Balaban J connectivity index is 3.26. The van der Waals surface area contributed by atoms with Gasteiger partial charge in [-0.1, -0.05) is 33.6 Å². The Kier molecular flexibility index (Phi) is 6.60. The topological polar surface area (TPSA) is 29.1 Å². The molecule has 1 amide bonds. The Bertz CT molecular complexity index is 158. The third kappa shape index (κ3) is 9.56. The zero-order chi connectivity index (χ0) is 11.0. The quantitative estimate of drug-likeness (QED) is 0.654. The first-order valence-corrected chi connectivity index (χ1v) is 5.72. The van der Waals surface area contributed by atoms with Crippen LogP contribution >= 0.6 is 0 Å². The number of carbonyl (C=O) groups is 1. The van der Waals surface area contributed by atoms with Gasteiger partial charge in [-0.05, 0) is 25.2 Å². The van der Waals surface area contributed by atoms with Crippen molar-refractivity contribution in [1.82, 2.24) is 5.32 Å². The molecule has 0 aromatic carbocycles. The molecule has 0 spiro atoms. The minimum Gasteiger partial charge on any atom is -0.356 e. The summed E-state index contributed by atoms with van der Waals surface area (Å²) in [5, 5.41) is 2.81. The molecule has 0 radical (unpaired) electrons. The number of nitrogens with one attached hydrogen (secondary N) is 1. The van der Waals surface area contributed by atoms with Crippen LogP contribution in [0.1, 0.15) is 59.8 Å². The van der Waals surface area contributed by atoms with Gasteiger partial charge < -0.3 is 5.32 Å². The molecule has 2 heteroatoms. The Morgan fingerprint density at radius 1 is 1.14 bits per heavy atom. The molecule has 0 aromatic heterocycles. The summed E-state index contributed by atoms with van der Waals surface area (Å²) in [4.78, 5) is 11.1. The maximum atomic E-state index is 11.1. The van der Waals surface area contributed by atoms with Crippen LogP contribution in [0.3, 0.4) is 0 Å². The fourth-order valence-corrected chi connectivity index (χ4v) is 1.40. The molecule has 0 saturated heterocycles. The van der Waals surface area contributed by atoms with Crippen LogP contribution in [0.5, 0.6) is 0 Å². The molecule has 2 nitrogen and oxygen atoms in total. The lowest BCUT2D eigenvalue weighted by atomic mass is 9.89. The van der Waals surface area contributed by atoms with E-state index in [0.717, 1.165) is 13.0 Å². The molecule has 0 aliphatic rings. The van der Waals surface area contributed by atoms with E-state index in [1.807, 2.05) is 6.92 Å². The average Bonchev–Trinajstić information content (AvgIpc) is 2.02. The maximum Gasteiger partial charge on any atom is 0.219 e. The second kappa shape index (κ2) is 6.86. The van der Waals surface area contributed by atoms with Gasteiger partial charge in [0.25, 0.3) is 0 Å². The van der Waals surface area contributed by atoms with Gasteiger partial charge in [-0.25, -0.2) is 0 Å². The van der Waals surface area contributed by atoms with Crippen molar-refractivity contribution in [2.45, 2.75) is 59.8 Å². The predicted molar refractivity (Wildman–Crippen MR) is 61.2 cm³/mol. The minimum atomic E-state index is 0.197. The van der Waals surface area contributed by atoms with Crippen LogP contribution in [-0.4, -0.2) is 12.5 Å². The molecule has 14 heavy (non-hydrogen) atoms. The first-order valence-electron chi connectivity index (χ1n) is 5.72. The summed E-state index contributed by atoms with van der Waals surface area (Å²) in [6.07, 6.45) is 5.39. The summed E-state index contributed by atoms with van der Waals surface area (Å²) in [5.74, 6) is 0.197. The summed E-state index contributed by atoms with van der Waals surface area (Å²) < 4.78 is 0. The number of unbranched alkanes of at least 4 members (excludes halogenated alkanes) is 2. The van der Waals surface area contributed by atoms with E-state index < -0.39 is 0 Å². The standard InChI is InChI=1S/C12H25NO/c1-5-13-11(14)9-7-6-8-10-12(2,3)4/h5-10H2,1-4H3,(H,13,14).